The molecule has 100 valence electrons. The maximum absolute atomic E-state index is 4.75. The van der Waals surface area contributed by atoms with Crippen LogP contribution in [0.5, 0.6) is 0 Å². The van der Waals surface area contributed by atoms with Gasteiger partial charge in [-0.25, -0.2) is 4.68 Å². The summed E-state index contributed by atoms with van der Waals surface area (Å²) in [6, 6.07) is 2.59. The van der Waals surface area contributed by atoms with E-state index in [9.17, 15) is 0 Å². The van der Waals surface area contributed by atoms with Crippen LogP contribution in [0.15, 0.2) is 18.7 Å². The first-order valence-electron chi connectivity index (χ1n) is 6.70. The average molecular weight is 248 g/mol. The second kappa shape index (κ2) is 5.57. The van der Waals surface area contributed by atoms with Crippen molar-refractivity contribution in [3.63, 3.8) is 0 Å². The Balaban J connectivity index is 2.07. The minimum Gasteiger partial charge on any atom is -0.363 e. The average Bonchev–Trinajstić information content (AvgIpc) is 3.11. The van der Waals surface area contributed by atoms with Crippen LogP contribution in [0.2, 0.25) is 0 Å². The molecule has 18 heavy (non-hydrogen) atoms. The first-order chi connectivity index (χ1) is 8.65. The highest BCUT2D eigenvalue weighted by Gasteiger charge is 2.27. The zero-order valence-electron chi connectivity index (χ0n) is 11.7. The van der Waals surface area contributed by atoms with Gasteiger partial charge in [-0.1, -0.05) is 6.08 Å². The molecule has 1 fully saturated rings. The second-order valence-corrected chi connectivity index (χ2v) is 5.24. The molecule has 0 unspecified atom stereocenters. The van der Waals surface area contributed by atoms with Crippen molar-refractivity contribution in [1.29, 1.82) is 0 Å². The van der Waals surface area contributed by atoms with Crippen LogP contribution in [-0.4, -0.2) is 37.0 Å². The molecule has 1 aliphatic rings. The monoisotopic (exact) mass is 248 g/mol. The predicted molar refractivity (Wildman–Crippen MR) is 76.2 cm³/mol. The van der Waals surface area contributed by atoms with Crippen molar-refractivity contribution < 1.29 is 0 Å². The fourth-order valence-electron chi connectivity index (χ4n) is 2.17. The van der Waals surface area contributed by atoms with Gasteiger partial charge in [-0.15, -0.1) is 6.58 Å². The third kappa shape index (κ3) is 2.93. The molecule has 1 aliphatic carbocycles. The van der Waals surface area contributed by atoms with E-state index in [1.54, 1.807) is 0 Å². The van der Waals surface area contributed by atoms with E-state index in [-0.39, 0.29) is 0 Å². The van der Waals surface area contributed by atoms with Crippen LogP contribution < -0.4 is 10.2 Å². The van der Waals surface area contributed by atoms with Gasteiger partial charge in [0.15, 0.2) is 0 Å². The van der Waals surface area contributed by atoms with E-state index in [1.807, 2.05) is 13.1 Å². The normalized spacial score (nSPS) is 16.6. The highest BCUT2D eigenvalue weighted by molar-refractivity contribution is 5.40. The van der Waals surface area contributed by atoms with Crippen molar-refractivity contribution in [2.24, 2.45) is 0 Å². The van der Waals surface area contributed by atoms with Gasteiger partial charge in [0, 0.05) is 38.7 Å². The highest BCUT2D eigenvalue weighted by Crippen LogP contribution is 2.40. The summed E-state index contributed by atoms with van der Waals surface area (Å²) in [5.41, 5.74) is 1.26. The topological polar surface area (TPSA) is 33.1 Å². The SMILES string of the molecule is C=C[C@H](CCn1nc(C2CC2)cc1N(C)C)NC. The molecular formula is C14H24N4. The van der Waals surface area contributed by atoms with Crippen LogP contribution in [0.3, 0.4) is 0 Å². The Bertz CT molecular complexity index is 404. The molecule has 1 aromatic rings. The Morgan fingerprint density at radius 3 is 2.83 bits per heavy atom. The maximum Gasteiger partial charge on any atom is 0.126 e. The quantitative estimate of drug-likeness (QED) is 0.749. The number of nitrogens with one attached hydrogen (secondary N) is 1. The zero-order chi connectivity index (χ0) is 13.1. The van der Waals surface area contributed by atoms with Crippen molar-refractivity contribution in [1.82, 2.24) is 15.1 Å². The molecule has 0 spiro atoms. The molecule has 0 aliphatic heterocycles. The number of aryl methyl sites for hydroxylation is 1. The summed E-state index contributed by atoms with van der Waals surface area (Å²) in [6.07, 6.45) is 5.58. The summed E-state index contributed by atoms with van der Waals surface area (Å²) in [5.74, 6) is 1.92. The van der Waals surface area contributed by atoms with Crippen molar-refractivity contribution in [3.8, 4) is 0 Å². The Morgan fingerprint density at radius 1 is 1.61 bits per heavy atom. The van der Waals surface area contributed by atoms with Crippen LogP contribution in [-0.2, 0) is 6.54 Å². The number of rotatable bonds is 7. The summed E-state index contributed by atoms with van der Waals surface area (Å²) in [5, 5.41) is 7.99. The molecule has 1 aromatic heterocycles. The molecule has 4 nitrogen and oxygen atoms in total. The highest BCUT2D eigenvalue weighted by atomic mass is 15.4. The molecule has 2 rings (SSSR count). The standard InChI is InChI=1S/C14H24N4/c1-5-12(15-2)8-9-18-14(17(3)4)10-13(16-18)11-6-7-11/h5,10-12,15H,1,6-9H2,2-4H3/t12-/m1/s1. The van der Waals surface area contributed by atoms with E-state index in [4.69, 9.17) is 5.10 Å². The number of aromatic nitrogens is 2. The third-order valence-corrected chi connectivity index (χ3v) is 3.54. The summed E-state index contributed by atoms with van der Waals surface area (Å²) >= 11 is 0. The summed E-state index contributed by atoms with van der Waals surface area (Å²) in [7, 11) is 6.12. The van der Waals surface area contributed by atoms with Crippen LogP contribution in [0.1, 0.15) is 30.9 Å². The minimum absolute atomic E-state index is 0.355. The first-order valence-corrected chi connectivity index (χ1v) is 6.70. The molecule has 0 saturated heterocycles. The molecular weight excluding hydrogens is 224 g/mol. The Hall–Kier alpha value is -1.29. The number of hydrogen-bond acceptors (Lipinski definition) is 3. The number of likely N-dealkylation sites (N-methyl/N-ethyl adjacent to an activating group) is 1. The van der Waals surface area contributed by atoms with Crippen LogP contribution in [0.25, 0.3) is 0 Å². The van der Waals surface area contributed by atoms with Crippen molar-refractivity contribution >= 4 is 5.82 Å². The molecule has 0 aromatic carbocycles. The van der Waals surface area contributed by atoms with E-state index in [0.29, 0.717) is 12.0 Å². The van der Waals surface area contributed by atoms with Gasteiger partial charge in [-0.2, -0.15) is 5.10 Å². The summed E-state index contributed by atoms with van der Waals surface area (Å²) in [4.78, 5) is 2.14. The van der Waals surface area contributed by atoms with Crippen LogP contribution in [0.4, 0.5) is 5.82 Å². The van der Waals surface area contributed by atoms with Gasteiger partial charge in [0.1, 0.15) is 5.82 Å². The molecule has 0 radical (unpaired) electrons. The molecule has 1 heterocycles. The van der Waals surface area contributed by atoms with Crippen LogP contribution in [0, 0.1) is 0 Å². The van der Waals surface area contributed by atoms with E-state index < -0.39 is 0 Å². The molecule has 1 saturated carbocycles. The van der Waals surface area contributed by atoms with E-state index in [2.05, 4.69) is 41.6 Å². The first kappa shape index (κ1) is 13.1. The zero-order valence-corrected chi connectivity index (χ0v) is 11.7. The van der Waals surface area contributed by atoms with Gasteiger partial charge >= 0.3 is 0 Å². The lowest BCUT2D eigenvalue weighted by molar-refractivity contribution is 0.510. The summed E-state index contributed by atoms with van der Waals surface area (Å²) < 4.78 is 2.13. The van der Waals surface area contributed by atoms with Crippen molar-refractivity contribution in [2.45, 2.75) is 37.8 Å². The fourth-order valence-corrected chi connectivity index (χ4v) is 2.17. The van der Waals surface area contributed by atoms with Gasteiger partial charge < -0.3 is 10.2 Å². The largest absolute Gasteiger partial charge is 0.363 e. The number of nitrogens with zero attached hydrogens (tertiary/aromatic N) is 3. The summed E-state index contributed by atoms with van der Waals surface area (Å²) in [6.45, 7) is 4.77. The molecule has 0 amide bonds. The van der Waals surface area contributed by atoms with Gasteiger partial charge in [0.05, 0.1) is 5.69 Å². The van der Waals surface area contributed by atoms with Gasteiger partial charge in [-0.3, -0.25) is 0 Å². The lowest BCUT2D eigenvalue weighted by Crippen LogP contribution is -2.25. The van der Waals surface area contributed by atoms with E-state index >= 15 is 0 Å². The second-order valence-electron chi connectivity index (χ2n) is 5.24. The molecule has 1 atom stereocenters. The van der Waals surface area contributed by atoms with E-state index in [0.717, 1.165) is 13.0 Å². The Morgan fingerprint density at radius 2 is 2.33 bits per heavy atom. The van der Waals surface area contributed by atoms with Crippen molar-refractivity contribution in [3.05, 3.63) is 24.4 Å². The molecule has 4 heteroatoms. The lowest BCUT2D eigenvalue weighted by Gasteiger charge is -2.16. The Kier molecular flexibility index (Phi) is 4.07. The number of hydrogen-bond donors (Lipinski definition) is 1. The predicted octanol–water partition coefficient (Wildman–Crippen LogP) is 1.99. The maximum atomic E-state index is 4.75. The van der Waals surface area contributed by atoms with Gasteiger partial charge in [-0.05, 0) is 26.3 Å². The third-order valence-electron chi connectivity index (χ3n) is 3.54. The smallest absolute Gasteiger partial charge is 0.126 e. The number of anilines is 1. The van der Waals surface area contributed by atoms with Crippen LogP contribution >= 0.6 is 0 Å². The lowest BCUT2D eigenvalue weighted by atomic mass is 10.2. The van der Waals surface area contributed by atoms with Gasteiger partial charge in [0.2, 0.25) is 0 Å². The fraction of sp³-hybridized carbons (Fsp3) is 0.643. The molecule has 0 bridgehead atoms. The minimum atomic E-state index is 0.355. The molecule has 1 N–H and O–H groups in total. The van der Waals surface area contributed by atoms with E-state index in [1.165, 1.54) is 24.4 Å². The van der Waals surface area contributed by atoms with Gasteiger partial charge in [0.25, 0.3) is 0 Å². The van der Waals surface area contributed by atoms with Crippen molar-refractivity contribution in [2.75, 3.05) is 26.0 Å². The Labute approximate surface area is 110 Å².